The van der Waals surface area contributed by atoms with Crippen LogP contribution in [0.4, 0.5) is 5.00 Å². The molecule has 2 atom stereocenters. The maximum Gasteiger partial charge on any atom is 0.341 e. The van der Waals surface area contributed by atoms with E-state index in [1.807, 2.05) is 11.4 Å². The van der Waals surface area contributed by atoms with Crippen LogP contribution in [-0.2, 0) is 15.9 Å². The molecule has 1 N–H and O–H groups in total. The Labute approximate surface area is 174 Å². The van der Waals surface area contributed by atoms with Crippen LogP contribution in [0.3, 0.4) is 0 Å². The normalized spacial score (nSPS) is 19.0. The number of hydrogen-bond acceptors (Lipinski definition) is 6. The Morgan fingerprint density at radius 1 is 1.29 bits per heavy atom. The van der Waals surface area contributed by atoms with E-state index >= 15 is 0 Å². The SMILES string of the molecule is CCOC(=O)c1c(NC(=O)c2cccs2)sc2c1C[C@@H](C(C)C)O[C@H]2C(C)C. The van der Waals surface area contributed by atoms with Gasteiger partial charge in [-0.25, -0.2) is 4.79 Å². The second-order valence-corrected chi connectivity index (χ2v) is 9.59. The van der Waals surface area contributed by atoms with E-state index in [-0.39, 0.29) is 30.0 Å². The smallest absolute Gasteiger partial charge is 0.341 e. The minimum Gasteiger partial charge on any atom is -0.462 e. The number of anilines is 1. The molecule has 1 amide bonds. The van der Waals surface area contributed by atoms with E-state index in [4.69, 9.17) is 9.47 Å². The van der Waals surface area contributed by atoms with Crippen LogP contribution in [0.5, 0.6) is 0 Å². The number of ether oxygens (including phenoxy) is 2. The van der Waals surface area contributed by atoms with Crippen LogP contribution < -0.4 is 5.32 Å². The fraction of sp³-hybridized carbons (Fsp3) is 0.524. The Morgan fingerprint density at radius 2 is 2.04 bits per heavy atom. The number of hydrogen-bond donors (Lipinski definition) is 1. The zero-order valence-electron chi connectivity index (χ0n) is 16.9. The molecule has 0 aliphatic carbocycles. The summed E-state index contributed by atoms with van der Waals surface area (Å²) in [6, 6.07) is 3.60. The van der Waals surface area contributed by atoms with Gasteiger partial charge in [-0.3, -0.25) is 4.79 Å². The second-order valence-electron chi connectivity index (χ2n) is 7.59. The molecule has 2 aromatic heterocycles. The first-order valence-corrected chi connectivity index (χ1v) is 11.4. The Kier molecular flexibility index (Phi) is 6.58. The molecule has 0 unspecified atom stereocenters. The monoisotopic (exact) mass is 421 g/mol. The van der Waals surface area contributed by atoms with E-state index in [1.54, 1.807) is 13.0 Å². The molecule has 0 aromatic carbocycles. The maximum atomic E-state index is 12.8. The predicted octanol–water partition coefficient (Wildman–Crippen LogP) is 5.53. The van der Waals surface area contributed by atoms with Crippen molar-refractivity contribution in [1.82, 2.24) is 0 Å². The molecule has 0 saturated carbocycles. The van der Waals surface area contributed by atoms with E-state index in [0.717, 1.165) is 10.4 Å². The van der Waals surface area contributed by atoms with Gasteiger partial charge in [-0.15, -0.1) is 22.7 Å². The van der Waals surface area contributed by atoms with Crippen molar-refractivity contribution in [2.75, 3.05) is 11.9 Å². The largest absolute Gasteiger partial charge is 0.462 e. The fourth-order valence-corrected chi connectivity index (χ4v) is 5.39. The molecule has 0 fully saturated rings. The standard InChI is InChI=1S/C21H27NO4S2/c1-6-25-21(24)16-13-10-14(11(2)3)26-17(12(4)5)18(13)28-20(16)22-19(23)15-8-7-9-27-15/h7-9,11-12,14,17H,6,10H2,1-5H3,(H,22,23)/t14-,17-/m0/s1. The first kappa shape index (κ1) is 21.0. The number of carbonyl (C=O) groups is 2. The highest BCUT2D eigenvalue weighted by molar-refractivity contribution is 7.17. The Bertz CT molecular complexity index is 839. The topological polar surface area (TPSA) is 64.6 Å². The van der Waals surface area contributed by atoms with Crippen molar-refractivity contribution in [2.45, 2.75) is 53.2 Å². The second kappa shape index (κ2) is 8.76. The molecule has 0 saturated heterocycles. The number of esters is 1. The highest BCUT2D eigenvalue weighted by Gasteiger charge is 2.38. The van der Waals surface area contributed by atoms with E-state index in [2.05, 4.69) is 33.0 Å². The van der Waals surface area contributed by atoms with Crippen LogP contribution in [0.1, 0.15) is 71.2 Å². The van der Waals surface area contributed by atoms with Crippen molar-refractivity contribution in [3.05, 3.63) is 38.4 Å². The van der Waals surface area contributed by atoms with Crippen molar-refractivity contribution in [3.63, 3.8) is 0 Å². The lowest BCUT2D eigenvalue weighted by Gasteiger charge is -2.34. The van der Waals surface area contributed by atoms with Gasteiger partial charge in [-0.05, 0) is 35.8 Å². The average Bonchev–Trinajstić information content (AvgIpc) is 3.28. The Balaban J connectivity index is 2.06. The number of amides is 1. The molecule has 1 aliphatic heterocycles. The van der Waals surface area contributed by atoms with Crippen molar-refractivity contribution in [1.29, 1.82) is 0 Å². The van der Waals surface area contributed by atoms with Crippen LogP contribution in [0.15, 0.2) is 17.5 Å². The lowest BCUT2D eigenvalue weighted by Crippen LogP contribution is -2.32. The average molecular weight is 422 g/mol. The van der Waals surface area contributed by atoms with Crippen LogP contribution in [-0.4, -0.2) is 24.6 Å². The summed E-state index contributed by atoms with van der Waals surface area (Å²) >= 11 is 2.81. The zero-order valence-corrected chi connectivity index (χ0v) is 18.5. The summed E-state index contributed by atoms with van der Waals surface area (Å²) in [5.74, 6) is -0.00156. The Hall–Kier alpha value is -1.70. The molecule has 5 nitrogen and oxygen atoms in total. The van der Waals surface area contributed by atoms with Crippen LogP contribution >= 0.6 is 22.7 Å². The summed E-state index contributed by atoms with van der Waals surface area (Å²) in [6.07, 6.45) is 0.584. The third-order valence-electron chi connectivity index (χ3n) is 4.82. The number of carbonyl (C=O) groups excluding carboxylic acids is 2. The summed E-state index contributed by atoms with van der Waals surface area (Å²) in [5.41, 5.74) is 1.46. The molecule has 152 valence electrons. The summed E-state index contributed by atoms with van der Waals surface area (Å²) in [4.78, 5) is 27.1. The van der Waals surface area contributed by atoms with Crippen molar-refractivity contribution < 1.29 is 19.1 Å². The minimum absolute atomic E-state index is 0.0310. The zero-order chi connectivity index (χ0) is 20.4. The summed E-state index contributed by atoms with van der Waals surface area (Å²) in [6.45, 7) is 10.6. The van der Waals surface area contributed by atoms with Gasteiger partial charge in [0.05, 0.1) is 29.3 Å². The van der Waals surface area contributed by atoms with Crippen LogP contribution in [0, 0.1) is 11.8 Å². The minimum atomic E-state index is -0.381. The number of nitrogens with one attached hydrogen (secondary N) is 1. The predicted molar refractivity (Wildman–Crippen MR) is 114 cm³/mol. The molecule has 3 rings (SSSR count). The van der Waals surface area contributed by atoms with Crippen molar-refractivity contribution in [3.8, 4) is 0 Å². The highest BCUT2D eigenvalue weighted by Crippen LogP contribution is 2.46. The maximum absolute atomic E-state index is 12.8. The van der Waals surface area contributed by atoms with Gasteiger partial charge in [0.25, 0.3) is 5.91 Å². The molecule has 0 bridgehead atoms. The highest BCUT2D eigenvalue weighted by atomic mass is 32.1. The first-order chi connectivity index (χ1) is 13.3. The molecule has 2 aromatic rings. The Morgan fingerprint density at radius 3 is 2.61 bits per heavy atom. The van der Waals surface area contributed by atoms with E-state index < -0.39 is 0 Å². The van der Waals surface area contributed by atoms with E-state index in [9.17, 15) is 9.59 Å². The van der Waals surface area contributed by atoms with Crippen LogP contribution in [0.25, 0.3) is 0 Å². The van der Waals surface area contributed by atoms with Gasteiger partial charge >= 0.3 is 5.97 Å². The van der Waals surface area contributed by atoms with E-state index in [1.165, 1.54) is 22.7 Å². The lowest BCUT2D eigenvalue weighted by atomic mass is 9.89. The van der Waals surface area contributed by atoms with Crippen LogP contribution in [0.2, 0.25) is 0 Å². The van der Waals surface area contributed by atoms with Crippen molar-refractivity contribution in [2.24, 2.45) is 11.8 Å². The van der Waals surface area contributed by atoms with Gasteiger partial charge in [0.1, 0.15) is 5.00 Å². The number of fused-ring (bicyclic) bond motifs is 1. The molecule has 0 spiro atoms. The summed E-state index contributed by atoms with van der Waals surface area (Å²) in [7, 11) is 0. The molecule has 0 radical (unpaired) electrons. The fourth-order valence-electron chi connectivity index (χ4n) is 3.35. The van der Waals surface area contributed by atoms with Gasteiger partial charge < -0.3 is 14.8 Å². The molecular weight excluding hydrogens is 394 g/mol. The van der Waals surface area contributed by atoms with Crippen molar-refractivity contribution >= 4 is 39.6 Å². The van der Waals surface area contributed by atoms with Gasteiger partial charge in [0.2, 0.25) is 0 Å². The lowest BCUT2D eigenvalue weighted by molar-refractivity contribution is -0.0671. The molecule has 28 heavy (non-hydrogen) atoms. The van der Waals surface area contributed by atoms with Gasteiger partial charge in [-0.2, -0.15) is 0 Å². The van der Waals surface area contributed by atoms with Gasteiger partial charge in [-0.1, -0.05) is 33.8 Å². The van der Waals surface area contributed by atoms with Gasteiger partial charge in [0, 0.05) is 11.3 Å². The molecule has 7 heteroatoms. The van der Waals surface area contributed by atoms with E-state index in [0.29, 0.717) is 34.4 Å². The number of rotatable bonds is 6. The third-order valence-corrected chi connectivity index (χ3v) is 6.90. The molecular formula is C21H27NO4S2. The first-order valence-electron chi connectivity index (χ1n) is 9.66. The summed E-state index contributed by atoms with van der Waals surface area (Å²) in [5, 5.41) is 5.36. The van der Waals surface area contributed by atoms with Gasteiger partial charge in [0.15, 0.2) is 0 Å². The number of thiophene rings is 2. The molecule has 1 aliphatic rings. The quantitative estimate of drug-likeness (QED) is 0.623. The summed E-state index contributed by atoms with van der Waals surface area (Å²) < 4.78 is 11.7. The third kappa shape index (κ3) is 4.16. The molecule has 3 heterocycles.